The van der Waals surface area contributed by atoms with E-state index in [0.29, 0.717) is 25.1 Å². The minimum atomic E-state index is -0.411. The first-order chi connectivity index (χ1) is 17.1. The quantitative estimate of drug-likeness (QED) is 0.233. The normalized spacial score (nSPS) is 13.8. The molecule has 6 nitrogen and oxygen atoms in total. The molecule has 1 aliphatic heterocycles. The molecule has 0 aliphatic carbocycles. The summed E-state index contributed by atoms with van der Waals surface area (Å²) in [4.78, 5) is 29.0. The Balaban J connectivity index is 0.00000648. The number of para-hydroxylation sites is 1. The molecule has 2 rings (SSSR count). The molecular formula is C29H50ClN3O3. The van der Waals surface area contributed by atoms with Crippen molar-refractivity contribution in [3.05, 3.63) is 29.8 Å². The number of nitrogens with zero attached hydrogens (tertiary/aromatic N) is 2. The number of likely N-dealkylation sites (N-methyl/N-ethyl adjacent to an activating group) is 1. The number of nitrogens with one attached hydrogen (secondary N) is 1. The molecule has 0 atom stereocenters. The van der Waals surface area contributed by atoms with Crippen LogP contribution in [0.15, 0.2) is 24.3 Å². The smallest absolute Gasteiger partial charge is 0.410 e. The molecule has 206 valence electrons. The molecule has 0 saturated carbocycles. The zero-order chi connectivity index (χ0) is 25.1. The summed E-state index contributed by atoms with van der Waals surface area (Å²) in [5.74, 6) is 0.718. The second kappa shape index (κ2) is 20.3. The van der Waals surface area contributed by atoms with Crippen molar-refractivity contribution in [2.24, 2.45) is 0 Å². The maximum absolute atomic E-state index is 12.5. The second-order valence-electron chi connectivity index (χ2n) is 10.00. The van der Waals surface area contributed by atoms with Crippen LogP contribution in [0.25, 0.3) is 0 Å². The Morgan fingerprint density at radius 1 is 0.833 bits per heavy atom. The number of hydrogen-bond acceptors (Lipinski definition) is 4. The molecule has 1 saturated heterocycles. The third kappa shape index (κ3) is 14.1. The number of amides is 2. The van der Waals surface area contributed by atoms with Gasteiger partial charge in [-0.2, -0.15) is 0 Å². The van der Waals surface area contributed by atoms with Gasteiger partial charge in [0.15, 0.2) is 0 Å². The minimum Gasteiger partial charge on any atom is -0.410 e. The number of ether oxygens (including phenoxy) is 1. The molecule has 0 spiro atoms. The molecular weight excluding hydrogens is 474 g/mol. The van der Waals surface area contributed by atoms with E-state index in [0.717, 1.165) is 44.6 Å². The standard InChI is InChI=1S/C29H49N3O3.ClH/c1-3-4-5-6-7-8-9-10-11-12-13-16-21-30-29(34)35-27-18-15-14-17-26(27)19-20-28(33)32-24-22-31(2)23-25-32;/h14-15,17-18H,3-13,16,19-25H2,1-2H3,(H,30,34);1H. The van der Waals surface area contributed by atoms with Crippen molar-refractivity contribution in [1.82, 2.24) is 15.1 Å². The van der Waals surface area contributed by atoms with E-state index in [2.05, 4.69) is 24.2 Å². The van der Waals surface area contributed by atoms with E-state index in [-0.39, 0.29) is 18.3 Å². The van der Waals surface area contributed by atoms with E-state index in [1.165, 1.54) is 64.2 Å². The van der Waals surface area contributed by atoms with E-state index in [9.17, 15) is 9.59 Å². The Morgan fingerprint density at radius 3 is 2.00 bits per heavy atom. The first-order valence-corrected chi connectivity index (χ1v) is 14.1. The van der Waals surface area contributed by atoms with E-state index in [1.54, 1.807) is 6.07 Å². The summed E-state index contributed by atoms with van der Waals surface area (Å²) in [7, 11) is 2.08. The summed E-state index contributed by atoms with van der Waals surface area (Å²) >= 11 is 0. The number of carbonyl (C=O) groups is 2. The van der Waals surface area contributed by atoms with Crippen LogP contribution in [0.2, 0.25) is 0 Å². The number of unbranched alkanes of at least 4 members (excludes halogenated alkanes) is 11. The van der Waals surface area contributed by atoms with Crippen LogP contribution in [0.4, 0.5) is 4.79 Å². The number of rotatable bonds is 17. The Bertz CT molecular complexity index is 723. The zero-order valence-corrected chi connectivity index (χ0v) is 23.6. The highest BCUT2D eigenvalue weighted by atomic mass is 35.5. The van der Waals surface area contributed by atoms with Crippen LogP contribution in [0.5, 0.6) is 5.75 Å². The molecule has 36 heavy (non-hydrogen) atoms. The van der Waals surface area contributed by atoms with Gasteiger partial charge in [0.05, 0.1) is 0 Å². The number of piperazine rings is 1. The fraction of sp³-hybridized carbons (Fsp3) is 0.724. The van der Waals surface area contributed by atoms with Crippen molar-refractivity contribution in [2.45, 2.75) is 96.8 Å². The number of aryl methyl sites for hydroxylation is 1. The van der Waals surface area contributed by atoms with Crippen molar-refractivity contribution in [1.29, 1.82) is 0 Å². The fourth-order valence-electron chi connectivity index (χ4n) is 4.56. The lowest BCUT2D eigenvalue weighted by Gasteiger charge is -2.32. The molecule has 1 aromatic carbocycles. The lowest BCUT2D eigenvalue weighted by molar-refractivity contribution is -0.132. The maximum atomic E-state index is 12.5. The Hall–Kier alpha value is -1.79. The predicted molar refractivity (Wildman–Crippen MR) is 151 cm³/mol. The first-order valence-electron chi connectivity index (χ1n) is 14.1. The molecule has 2 amide bonds. The van der Waals surface area contributed by atoms with E-state index in [1.807, 2.05) is 23.1 Å². The molecule has 1 N–H and O–H groups in total. The lowest BCUT2D eigenvalue weighted by Crippen LogP contribution is -2.47. The van der Waals surface area contributed by atoms with Gasteiger partial charge in [-0.15, -0.1) is 12.4 Å². The average molecular weight is 524 g/mol. The maximum Gasteiger partial charge on any atom is 0.412 e. The topological polar surface area (TPSA) is 61.9 Å². The third-order valence-electron chi connectivity index (χ3n) is 6.94. The predicted octanol–water partition coefficient (Wildman–Crippen LogP) is 6.60. The van der Waals surface area contributed by atoms with Crippen molar-refractivity contribution in [3.8, 4) is 5.75 Å². The van der Waals surface area contributed by atoms with Crippen molar-refractivity contribution >= 4 is 24.4 Å². The molecule has 0 unspecified atom stereocenters. The molecule has 7 heteroatoms. The monoisotopic (exact) mass is 523 g/mol. The lowest BCUT2D eigenvalue weighted by atomic mass is 10.1. The summed E-state index contributed by atoms with van der Waals surface area (Å²) in [5, 5.41) is 2.87. The number of carbonyl (C=O) groups excluding carboxylic acids is 2. The van der Waals surface area contributed by atoms with Gasteiger partial charge < -0.3 is 19.9 Å². The third-order valence-corrected chi connectivity index (χ3v) is 6.94. The summed E-state index contributed by atoms with van der Waals surface area (Å²) in [6.45, 7) is 6.32. The highest BCUT2D eigenvalue weighted by molar-refractivity contribution is 5.85. The first kappa shape index (κ1) is 32.2. The van der Waals surface area contributed by atoms with Crippen LogP contribution >= 0.6 is 12.4 Å². The largest absolute Gasteiger partial charge is 0.412 e. The molecule has 1 heterocycles. The van der Waals surface area contributed by atoms with Gasteiger partial charge in [0, 0.05) is 39.1 Å². The van der Waals surface area contributed by atoms with Crippen LogP contribution in [0.3, 0.4) is 0 Å². The van der Waals surface area contributed by atoms with Gasteiger partial charge in [-0.1, -0.05) is 95.8 Å². The summed E-state index contributed by atoms with van der Waals surface area (Å²) in [6.07, 6.45) is 16.2. The van der Waals surface area contributed by atoms with E-state index >= 15 is 0 Å². The summed E-state index contributed by atoms with van der Waals surface area (Å²) < 4.78 is 5.56. The highest BCUT2D eigenvalue weighted by Gasteiger charge is 2.19. The van der Waals surface area contributed by atoms with E-state index in [4.69, 9.17) is 4.74 Å². The van der Waals surface area contributed by atoms with Crippen LogP contribution in [-0.4, -0.2) is 61.6 Å². The molecule has 0 aromatic heterocycles. The van der Waals surface area contributed by atoms with Crippen LogP contribution in [-0.2, 0) is 11.2 Å². The van der Waals surface area contributed by atoms with Gasteiger partial charge in [-0.05, 0) is 31.5 Å². The van der Waals surface area contributed by atoms with Gasteiger partial charge in [-0.25, -0.2) is 4.79 Å². The Labute approximate surface area is 225 Å². The van der Waals surface area contributed by atoms with Gasteiger partial charge in [0.25, 0.3) is 0 Å². The molecule has 1 fully saturated rings. The summed E-state index contributed by atoms with van der Waals surface area (Å²) in [6, 6.07) is 7.52. The average Bonchev–Trinajstić information content (AvgIpc) is 2.86. The molecule has 0 radical (unpaired) electrons. The van der Waals surface area contributed by atoms with Gasteiger partial charge in [-0.3, -0.25) is 4.79 Å². The summed E-state index contributed by atoms with van der Waals surface area (Å²) in [5.41, 5.74) is 0.899. The van der Waals surface area contributed by atoms with Crippen molar-refractivity contribution in [3.63, 3.8) is 0 Å². The zero-order valence-electron chi connectivity index (χ0n) is 22.8. The van der Waals surface area contributed by atoms with Crippen LogP contribution < -0.4 is 10.1 Å². The van der Waals surface area contributed by atoms with Crippen molar-refractivity contribution in [2.75, 3.05) is 39.8 Å². The highest BCUT2D eigenvalue weighted by Crippen LogP contribution is 2.20. The fourth-order valence-corrected chi connectivity index (χ4v) is 4.56. The number of hydrogen-bond donors (Lipinski definition) is 1. The second-order valence-corrected chi connectivity index (χ2v) is 10.00. The van der Waals surface area contributed by atoms with Gasteiger partial charge in [0.1, 0.15) is 5.75 Å². The number of benzene rings is 1. The minimum absolute atomic E-state index is 0. The van der Waals surface area contributed by atoms with Crippen molar-refractivity contribution < 1.29 is 14.3 Å². The van der Waals surface area contributed by atoms with Gasteiger partial charge >= 0.3 is 6.09 Å². The Morgan fingerprint density at radius 2 is 1.39 bits per heavy atom. The van der Waals surface area contributed by atoms with Gasteiger partial charge in [0.2, 0.25) is 5.91 Å². The van der Waals surface area contributed by atoms with Crippen LogP contribution in [0, 0.1) is 0 Å². The number of halogens is 1. The Kier molecular flexibility index (Phi) is 18.2. The molecule has 1 aliphatic rings. The molecule has 0 bridgehead atoms. The van der Waals surface area contributed by atoms with E-state index < -0.39 is 6.09 Å². The molecule has 1 aromatic rings. The SMILES string of the molecule is CCCCCCCCCCCCCCNC(=O)Oc1ccccc1CCC(=O)N1CCN(C)CC1.Cl. The van der Waals surface area contributed by atoms with Crippen LogP contribution in [0.1, 0.15) is 96.0 Å².